The predicted molar refractivity (Wildman–Crippen MR) is 79.4 cm³/mol. The normalized spacial score (nSPS) is 10.9. The van der Waals surface area contributed by atoms with Crippen LogP contribution in [0, 0.1) is 11.6 Å². The number of benzene rings is 2. The van der Waals surface area contributed by atoms with Crippen LogP contribution in [0.25, 0.3) is 0 Å². The third-order valence-corrected chi connectivity index (χ3v) is 3.66. The molecule has 0 radical (unpaired) electrons. The van der Waals surface area contributed by atoms with Crippen LogP contribution in [0.3, 0.4) is 0 Å². The summed E-state index contributed by atoms with van der Waals surface area (Å²) in [6, 6.07) is 10.2. The summed E-state index contributed by atoms with van der Waals surface area (Å²) < 4.78 is 27.3. The van der Waals surface area contributed by atoms with E-state index in [0.29, 0.717) is 0 Å². The van der Waals surface area contributed by atoms with E-state index in [0.717, 1.165) is 11.8 Å². The molecule has 0 fully saturated rings. The minimum absolute atomic E-state index is 0.0259. The molecule has 0 spiro atoms. The van der Waals surface area contributed by atoms with Crippen molar-refractivity contribution >= 4 is 43.8 Å². The van der Waals surface area contributed by atoms with Crippen LogP contribution in [-0.4, -0.2) is 6.21 Å². The first-order valence-electron chi connectivity index (χ1n) is 5.26. The lowest BCUT2D eigenvalue weighted by atomic mass is 10.2. The molecule has 0 aliphatic heterocycles. The van der Waals surface area contributed by atoms with Crippen molar-refractivity contribution in [2.45, 2.75) is 0 Å². The molecule has 0 atom stereocenters. The van der Waals surface area contributed by atoms with Gasteiger partial charge in [-0.1, -0.05) is 18.2 Å². The maximum atomic E-state index is 13.7. The summed E-state index contributed by atoms with van der Waals surface area (Å²) in [5.41, 5.74) is 3.53. The maximum Gasteiger partial charge on any atom is 0.152 e. The molecule has 2 aromatic rings. The zero-order valence-electron chi connectivity index (χ0n) is 9.50. The second-order valence-electron chi connectivity index (χ2n) is 3.62. The fraction of sp³-hybridized carbons (Fsp3) is 0. The Morgan fingerprint density at radius 1 is 1.11 bits per heavy atom. The van der Waals surface area contributed by atoms with Crippen molar-refractivity contribution in [1.82, 2.24) is 0 Å². The third kappa shape index (κ3) is 3.39. The number of nitrogens with one attached hydrogen (secondary N) is 1. The summed E-state index contributed by atoms with van der Waals surface area (Å²) in [4.78, 5) is 0. The Hall–Kier alpha value is -1.27. The first kappa shape index (κ1) is 14.1. The number of anilines is 1. The molecule has 0 unspecified atom stereocenters. The van der Waals surface area contributed by atoms with Gasteiger partial charge in [-0.3, -0.25) is 5.43 Å². The molecule has 19 heavy (non-hydrogen) atoms. The van der Waals surface area contributed by atoms with Crippen molar-refractivity contribution in [3.8, 4) is 0 Å². The van der Waals surface area contributed by atoms with E-state index >= 15 is 0 Å². The Kier molecular flexibility index (Phi) is 4.66. The molecule has 2 nitrogen and oxygen atoms in total. The molecular weight excluding hydrogens is 382 g/mol. The van der Waals surface area contributed by atoms with Gasteiger partial charge in [0.2, 0.25) is 0 Å². The van der Waals surface area contributed by atoms with Crippen LogP contribution in [0.2, 0.25) is 0 Å². The van der Waals surface area contributed by atoms with Crippen molar-refractivity contribution in [2.24, 2.45) is 5.10 Å². The standard InChI is InChI=1S/C13H8Br2F2N2/c14-10-6-11(16)9(12(15)13(10)17)7-18-19-8-4-2-1-3-5-8/h1-7,19H. The number of nitrogens with zero attached hydrogens (tertiary/aromatic N) is 1. The molecule has 0 aromatic heterocycles. The average molecular weight is 390 g/mol. The van der Waals surface area contributed by atoms with Gasteiger partial charge in [-0.15, -0.1) is 0 Å². The molecule has 0 saturated carbocycles. The van der Waals surface area contributed by atoms with Crippen LogP contribution in [0.4, 0.5) is 14.5 Å². The van der Waals surface area contributed by atoms with Gasteiger partial charge < -0.3 is 0 Å². The van der Waals surface area contributed by atoms with Crippen LogP contribution in [0.5, 0.6) is 0 Å². The van der Waals surface area contributed by atoms with Crippen molar-refractivity contribution in [3.05, 3.63) is 62.5 Å². The molecule has 0 amide bonds. The molecule has 0 heterocycles. The summed E-state index contributed by atoms with van der Waals surface area (Å²) >= 11 is 5.94. The number of hydrogen-bond acceptors (Lipinski definition) is 2. The monoisotopic (exact) mass is 388 g/mol. The van der Waals surface area contributed by atoms with E-state index in [-0.39, 0.29) is 14.5 Å². The number of para-hydroxylation sites is 1. The van der Waals surface area contributed by atoms with Crippen molar-refractivity contribution in [1.29, 1.82) is 0 Å². The van der Waals surface area contributed by atoms with Crippen molar-refractivity contribution in [3.63, 3.8) is 0 Å². The lowest BCUT2D eigenvalue weighted by Crippen LogP contribution is -1.97. The average Bonchev–Trinajstić information content (AvgIpc) is 2.41. The van der Waals surface area contributed by atoms with Gasteiger partial charge in [0.15, 0.2) is 5.82 Å². The van der Waals surface area contributed by atoms with Gasteiger partial charge in [-0.25, -0.2) is 8.78 Å². The van der Waals surface area contributed by atoms with Crippen LogP contribution < -0.4 is 5.43 Å². The molecule has 0 aliphatic carbocycles. The molecule has 6 heteroatoms. The van der Waals surface area contributed by atoms with E-state index < -0.39 is 11.6 Å². The second kappa shape index (κ2) is 6.25. The minimum Gasteiger partial charge on any atom is -0.279 e. The van der Waals surface area contributed by atoms with E-state index in [1.54, 1.807) is 0 Å². The van der Waals surface area contributed by atoms with Gasteiger partial charge in [0.05, 0.1) is 20.8 Å². The highest BCUT2D eigenvalue weighted by Gasteiger charge is 2.13. The Bertz CT molecular complexity index is 616. The Morgan fingerprint density at radius 3 is 2.47 bits per heavy atom. The third-order valence-electron chi connectivity index (χ3n) is 2.31. The minimum atomic E-state index is -0.571. The summed E-state index contributed by atoms with van der Waals surface area (Å²) in [7, 11) is 0. The van der Waals surface area contributed by atoms with E-state index in [1.807, 2.05) is 30.3 Å². The van der Waals surface area contributed by atoms with Crippen LogP contribution in [-0.2, 0) is 0 Å². The van der Waals surface area contributed by atoms with Gasteiger partial charge in [-0.05, 0) is 50.1 Å². The van der Waals surface area contributed by atoms with E-state index in [4.69, 9.17) is 0 Å². The van der Waals surface area contributed by atoms with E-state index in [9.17, 15) is 8.78 Å². The summed E-state index contributed by atoms with van der Waals surface area (Å²) in [5.74, 6) is -1.14. The van der Waals surface area contributed by atoms with Gasteiger partial charge >= 0.3 is 0 Å². The Balaban J connectivity index is 2.22. The molecule has 2 rings (SSSR count). The van der Waals surface area contributed by atoms with Crippen molar-refractivity contribution < 1.29 is 8.78 Å². The molecule has 2 aromatic carbocycles. The quantitative estimate of drug-likeness (QED) is 0.342. The molecule has 0 saturated heterocycles. The zero-order chi connectivity index (χ0) is 13.8. The molecule has 0 aliphatic rings. The van der Waals surface area contributed by atoms with Gasteiger partial charge in [-0.2, -0.15) is 5.10 Å². The first-order chi connectivity index (χ1) is 9.09. The van der Waals surface area contributed by atoms with E-state index in [1.165, 1.54) is 6.21 Å². The molecule has 1 N–H and O–H groups in total. The van der Waals surface area contributed by atoms with Crippen LogP contribution in [0.15, 0.2) is 50.4 Å². The Labute approximate surface area is 125 Å². The molecule has 98 valence electrons. The van der Waals surface area contributed by atoms with Gasteiger partial charge in [0.25, 0.3) is 0 Å². The van der Waals surface area contributed by atoms with Gasteiger partial charge in [0.1, 0.15) is 5.82 Å². The fourth-order valence-electron chi connectivity index (χ4n) is 1.38. The molecule has 0 bridgehead atoms. The molecular formula is C13H8Br2F2N2. The smallest absolute Gasteiger partial charge is 0.152 e. The van der Waals surface area contributed by atoms with Crippen LogP contribution in [0.1, 0.15) is 5.56 Å². The van der Waals surface area contributed by atoms with Crippen LogP contribution >= 0.6 is 31.9 Å². The number of halogens is 4. The highest BCUT2D eigenvalue weighted by molar-refractivity contribution is 9.11. The van der Waals surface area contributed by atoms with Gasteiger partial charge in [0, 0.05) is 5.56 Å². The highest BCUT2D eigenvalue weighted by Crippen LogP contribution is 2.28. The second-order valence-corrected chi connectivity index (χ2v) is 5.27. The number of hydrazone groups is 1. The topological polar surface area (TPSA) is 24.4 Å². The van der Waals surface area contributed by atoms with Crippen molar-refractivity contribution in [2.75, 3.05) is 5.43 Å². The first-order valence-corrected chi connectivity index (χ1v) is 6.85. The SMILES string of the molecule is Fc1cc(Br)c(F)c(Br)c1C=NNc1ccccc1. The Morgan fingerprint density at radius 2 is 1.79 bits per heavy atom. The number of rotatable bonds is 3. The summed E-state index contributed by atoms with van der Waals surface area (Å²) in [6.45, 7) is 0. The maximum absolute atomic E-state index is 13.7. The summed E-state index contributed by atoms with van der Waals surface area (Å²) in [6.07, 6.45) is 1.22. The largest absolute Gasteiger partial charge is 0.279 e. The fourth-order valence-corrected chi connectivity index (χ4v) is 2.55. The highest BCUT2D eigenvalue weighted by atomic mass is 79.9. The zero-order valence-corrected chi connectivity index (χ0v) is 12.7. The summed E-state index contributed by atoms with van der Waals surface area (Å²) in [5, 5.41) is 3.88. The lowest BCUT2D eigenvalue weighted by molar-refractivity contribution is 0.587. The lowest BCUT2D eigenvalue weighted by Gasteiger charge is -2.04. The number of hydrogen-bond donors (Lipinski definition) is 1. The van der Waals surface area contributed by atoms with E-state index in [2.05, 4.69) is 42.4 Å². The predicted octanol–water partition coefficient (Wildman–Crippen LogP) is 4.94.